The van der Waals surface area contributed by atoms with Gasteiger partial charge in [0.2, 0.25) is 0 Å². The lowest BCUT2D eigenvalue weighted by atomic mass is 9.99. The third kappa shape index (κ3) is 1.82. The van der Waals surface area contributed by atoms with Crippen molar-refractivity contribution in [1.29, 1.82) is 0 Å². The monoisotopic (exact) mass is 195 g/mol. The van der Waals surface area contributed by atoms with E-state index >= 15 is 0 Å². The summed E-state index contributed by atoms with van der Waals surface area (Å²) in [5.41, 5.74) is 4.54. The van der Waals surface area contributed by atoms with Gasteiger partial charge in [0.1, 0.15) is 0 Å². The van der Waals surface area contributed by atoms with E-state index in [-0.39, 0.29) is 0 Å². The summed E-state index contributed by atoms with van der Waals surface area (Å²) >= 11 is 0. The van der Waals surface area contributed by atoms with Crippen molar-refractivity contribution in [3.05, 3.63) is 60.4 Å². The van der Waals surface area contributed by atoms with E-state index in [4.69, 9.17) is 0 Å². The van der Waals surface area contributed by atoms with Crippen LogP contribution in [0.2, 0.25) is 0 Å². The maximum absolute atomic E-state index is 4.32. The number of benzene rings is 1. The lowest BCUT2D eigenvalue weighted by Gasteiger charge is -2.08. The molecule has 1 aromatic heterocycles. The quantitative estimate of drug-likeness (QED) is 0.712. The normalized spacial score (nSPS) is 9.93. The van der Waals surface area contributed by atoms with Crippen molar-refractivity contribution in [1.82, 2.24) is 4.98 Å². The first-order valence-corrected chi connectivity index (χ1v) is 4.96. The van der Waals surface area contributed by atoms with Crippen LogP contribution in [0.3, 0.4) is 0 Å². The minimum Gasteiger partial charge on any atom is -0.256 e. The summed E-state index contributed by atoms with van der Waals surface area (Å²) in [5.74, 6) is 0. The maximum Gasteiger partial charge on any atom is 0.0704 e. The van der Waals surface area contributed by atoms with Crippen molar-refractivity contribution in [2.24, 2.45) is 0 Å². The number of hydrogen-bond acceptors (Lipinski definition) is 1. The number of nitrogens with zero attached hydrogens (tertiary/aromatic N) is 1. The zero-order valence-electron chi connectivity index (χ0n) is 8.77. The van der Waals surface area contributed by atoms with Gasteiger partial charge in [-0.25, -0.2) is 0 Å². The Morgan fingerprint density at radius 3 is 2.53 bits per heavy atom. The lowest BCUT2D eigenvalue weighted by Crippen LogP contribution is -1.90. The van der Waals surface area contributed by atoms with Crippen molar-refractivity contribution >= 4 is 6.08 Å². The molecule has 1 heterocycles. The second kappa shape index (κ2) is 4.09. The molecule has 0 radical (unpaired) electrons. The smallest absolute Gasteiger partial charge is 0.0704 e. The van der Waals surface area contributed by atoms with Gasteiger partial charge in [-0.15, -0.1) is 0 Å². The van der Waals surface area contributed by atoms with E-state index in [0.29, 0.717) is 0 Å². The Bertz CT molecular complexity index is 472. The molecule has 0 fully saturated rings. The van der Waals surface area contributed by atoms with Gasteiger partial charge >= 0.3 is 0 Å². The van der Waals surface area contributed by atoms with Gasteiger partial charge in [0.25, 0.3) is 0 Å². The van der Waals surface area contributed by atoms with Crippen molar-refractivity contribution in [3.8, 4) is 11.1 Å². The summed E-state index contributed by atoms with van der Waals surface area (Å²) in [7, 11) is 0. The van der Waals surface area contributed by atoms with Crippen LogP contribution in [-0.4, -0.2) is 4.98 Å². The molecule has 2 rings (SSSR count). The Balaban J connectivity index is 2.66. The zero-order chi connectivity index (χ0) is 10.7. The number of hydrogen-bond donors (Lipinski definition) is 0. The molecular weight excluding hydrogens is 182 g/mol. The molecule has 1 heteroatoms. The largest absolute Gasteiger partial charge is 0.256 e. The van der Waals surface area contributed by atoms with Crippen LogP contribution in [0.1, 0.15) is 11.3 Å². The standard InChI is InChI=1S/C14H13N/c1-3-13-14(11(2)9-10-15-13)12-7-5-4-6-8-12/h3-10H,1H2,2H3. The minimum atomic E-state index is 0.946. The highest BCUT2D eigenvalue weighted by atomic mass is 14.7. The highest BCUT2D eigenvalue weighted by Gasteiger charge is 2.05. The predicted octanol–water partition coefficient (Wildman–Crippen LogP) is 3.70. The van der Waals surface area contributed by atoms with Crippen molar-refractivity contribution < 1.29 is 0 Å². The van der Waals surface area contributed by atoms with Crippen LogP contribution in [0.5, 0.6) is 0 Å². The third-order valence-electron chi connectivity index (χ3n) is 2.44. The zero-order valence-corrected chi connectivity index (χ0v) is 8.77. The molecule has 2 aromatic rings. The van der Waals surface area contributed by atoms with Gasteiger partial charge in [0.15, 0.2) is 0 Å². The molecule has 1 aromatic carbocycles. The van der Waals surface area contributed by atoms with Gasteiger partial charge < -0.3 is 0 Å². The van der Waals surface area contributed by atoms with E-state index in [1.54, 1.807) is 6.08 Å². The Kier molecular flexibility index (Phi) is 2.64. The van der Waals surface area contributed by atoms with Crippen LogP contribution in [0.15, 0.2) is 49.2 Å². The molecule has 15 heavy (non-hydrogen) atoms. The molecule has 0 aliphatic rings. The van der Waals surface area contributed by atoms with Crippen LogP contribution in [0.4, 0.5) is 0 Å². The fourth-order valence-corrected chi connectivity index (χ4v) is 1.71. The van der Waals surface area contributed by atoms with E-state index in [1.165, 1.54) is 16.7 Å². The van der Waals surface area contributed by atoms with E-state index in [0.717, 1.165) is 5.69 Å². The predicted molar refractivity (Wildman–Crippen MR) is 64.5 cm³/mol. The van der Waals surface area contributed by atoms with Crippen LogP contribution in [-0.2, 0) is 0 Å². The second-order valence-electron chi connectivity index (χ2n) is 3.46. The number of aryl methyl sites for hydroxylation is 1. The van der Waals surface area contributed by atoms with Crippen molar-refractivity contribution in [3.63, 3.8) is 0 Å². The fourth-order valence-electron chi connectivity index (χ4n) is 1.71. The van der Waals surface area contributed by atoms with Crippen LogP contribution in [0, 0.1) is 6.92 Å². The van der Waals surface area contributed by atoms with E-state index in [9.17, 15) is 0 Å². The van der Waals surface area contributed by atoms with Gasteiger partial charge in [0.05, 0.1) is 5.69 Å². The highest BCUT2D eigenvalue weighted by molar-refractivity contribution is 5.75. The molecular formula is C14H13N. The number of aromatic nitrogens is 1. The topological polar surface area (TPSA) is 12.9 Å². The molecule has 0 saturated heterocycles. The molecule has 0 bridgehead atoms. The summed E-state index contributed by atoms with van der Waals surface area (Å²) in [6, 6.07) is 12.3. The minimum absolute atomic E-state index is 0.946. The van der Waals surface area contributed by atoms with Crippen LogP contribution >= 0.6 is 0 Å². The molecule has 1 nitrogen and oxygen atoms in total. The van der Waals surface area contributed by atoms with Gasteiger partial charge in [-0.1, -0.05) is 36.9 Å². The van der Waals surface area contributed by atoms with E-state index < -0.39 is 0 Å². The summed E-state index contributed by atoms with van der Waals surface area (Å²) in [6.45, 7) is 5.89. The summed E-state index contributed by atoms with van der Waals surface area (Å²) in [4.78, 5) is 4.32. The molecule has 0 spiro atoms. The molecule has 0 aliphatic heterocycles. The van der Waals surface area contributed by atoms with Crippen molar-refractivity contribution in [2.45, 2.75) is 6.92 Å². The first-order valence-electron chi connectivity index (χ1n) is 4.96. The maximum atomic E-state index is 4.32. The van der Waals surface area contributed by atoms with Crippen LogP contribution in [0.25, 0.3) is 17.2 Å². The Hall–Kier alpha value is -1.89. The Morgan fingerprint density at radius 2 is 1.87 bits per heavy atom. The fraction of sp³-hybridized carbons (Fsp3) is 0.0714. The lowest BCUT2D eigenvalue weighted by molar-refractivity contribution is 1.26. The summed E-state index contributed by atoms with van der Waals surface area (Å²) in [6.07, 6.45) is 3.62. The Morgan fingerprint density at radius 1 is 1.13 bits per heavy atom. The Labute approximate surface area is 90.1 Å². The molecule has 0 amide bonds. The second-order valence-corrected chi connectivity index (χ2v) is 3.46. The third-order valence-corrected chi connectivity index (χ3v) is 2.44. The van der Waals surface area contributed by atoms with E-state index in [1.807, 2.05) is 30.5 Å². The average Bonchev–Trinajstić information content (AvgIpc) is 2.29. The molecule has 0 atom stereocenters. The molecule has 0 saturated carbocycles. The van der Waals surface area contributed by atoms with Gasteiger partial charge in [-0.3, -0.25) is 4.98 Å². The van der Waals surface area contributed by atoms with Gasteiger partial charge in [-0.2, -0.15) is 0 Å². The van der Waals surface area contributed by atoms with Gasteiger partial charge in [-0.05, 0) is 30.2 Å². The summed E-state index contributed by atoms with van der Waals surface area (Å²) < 4.78 is 0. The molecule has 0 aliphatic carbocycles. The van der Waals surface area contributed by atoms with Gasteiger partial charge in [0, 0.05) is 11.8 Å². The van der Waals surface area contributed by atoms with Crippen molar-refractivity contribution in [2.75, 3.05) is 0 Å². The average molecular weight is 195 g/mol. The number of rotatable bonds is 2. The first kappa shape index (κ1) is 9.66. The SMILES string of the molecule is C=Cc1nccc(C)c1-c1ccccc1. The molecule has 0 N–H and O–H groups in total. The first-order chi connectivity index (χ1) is 7.33. The van der Waals surface area contributed by atoms with Crippen LogP contribution < -0.4 is 0 Å². The molecule has 0 unspecified atom stereocenters. The highest BCUT2D eigenvalue weighted by Crippen LogP contribution is 2.26. The number of pyridine rings is 1. The molecule has 74 valence electrons. The van der Waals surface area contributed by atoms with E-state index in [2.05, 4.69) is 30.6 Å². The summed E-state index contributed by atoms with van der Waals surface area (Å²) in [5, 5.41) is 0.